The van der Waals surface area contributed by atoms with Crippen LogP contribution < -0.4 is 5.32 Å². The molecule has 1 saturated heterocycles. The summed E-state index contributed by atoms with van der Waals surface area (Å²) in [4.78, 5) is 38.0. The molecular formula is C27H33N5O4. The van der Waals surface area contributed by atoms with E-state index >= 15 is 0 Å². The van der Waals surface area contributed by atoms with E-state index in [4.69, 9.17) is 9.47 Å². The van der Waals surface area contributed by atoms with Crippen molar-refractivity contribution in [1.82, 2.24) is 19.8 Å². The van der Waals surface area contributed by atoms with Crippen LogP contribution in [0, 0.1) is 12.8 Å². The minimum atomic E-state index is -1.48. The minimum Gasteiger partial charge on any atom is -0.465 e. The van der Waals surface area contributed by atoms with E-state index in [1.54, 1.807) is 44.4 Å². The summed E-state index contributed by atoms with van der Waals surface area (Å²) in [5.41, 5.74) is 4.31. The summed E-state index contributed by atoms with van der Waals surface area (Å²) in [5, 5.41) is 4.22. The number of anilines is 1. The van der Waals surface area contributed by atoms with Gasteiger partial charge < -0.3 is 24.7 Å². The number of hydrogen-bond acceptors (Lipinski definition) is 8. The molecule has 190 valence electrons. The summed E-state index contributed by atoms with van der Waals surface area (Å²) in [7, 11) is 7.56. The summed E-state index contributed by atoms with van der Waals surface area (Å²) < 4.78 is 11.7. The molecule has 3 aromatic rings. The molecule has 1 aliphatic heterocycles. The zero-order valence-corrected chi connectivity index (χ0v) is 21.6. The molecule has 1 aromatic carbocycles. The predicted molar refractivity (Wildman–Crippen MR) is 139 cm³/mol. The smallest absolute Gasteiger partial charge is 0.324 e. The van der Waals surface area contributed by atoms with E-state index in [9.17, 15) is 9.59 Å². The van der Waals surface area contributed by atoms with Crippen LogP contribution >= 0.6 is 0 Å². The number of ether oxygens (including phenoxy) is 2. The Morgan fingerprint density at radius 3 is 2.72 bits per heavy atom. The van der Waals surface area contributed by atoms with Gasteiger partial charge >= 0.3 is 5.97 Å². The Bertz CT molecular complexity index is 1310. The van der Waals surface area contributed by atoms with Crippen molar-refractivity contribution in [2.24, 2.45) is 5.92 Å². The molecule has 0 bridgehead atoms. The Hall–Kier alpha value is -3.69. The standard InChI is InChI=1S/C27H33N5O4/c1-7-35-26(34)23-24(33)22(14-19-15-29-25-20(19)9-8-12-28-25)36-27(23,32(5)6)30-21-11-10-18(13-17(21)2)16-31(3)4/h8-15,23,30H,7,16H2,1-6H3,(H,28,29). The van der Waals surface area contributed by atoms with Crippen LogP contribution in [-0.2, 0) is 25.6 Å². The van der Waals surface area contributed by atoms with Crippen molar-refractivity contribution in [3.63, 3.8) is 0 Å². The highest BCUT2D eigenvalue weighted by Gasteiger charge is 2.60. The number of aromatic amines is 1. The lowest BCUT2D eigenvalue weighted by Gasteiger charge is -2.39. The first-order valence-electron chi connectivity index (χ1n) is 11.9. The molecule has 0 spiro atoms. The van der Waals surface area contributed by atoms with Gasteiger partial charge in [0.2, 0.25) is 5.78 Å². The fraction of sp³-hybridized carbons (Fsp3) is 0.370. The van der Waals surface area contributed by atoms with Gasteiger partial charge in [0.15, 0.2) is 11.7 Å². The van der Waals surface area contributed by atoms with Crippen molar-refractivity contribution in [3.05, 3.63) is 65.2 Å². The quantitative estimate of drug-likeness (QED) is 0.214. The Kier molecular flexibility index (Phi) is 7.14. The Balaban J connectivity index is 1.78. The predicted octanol–water partition coefficient (Wildman–Crippen LogP) is 3.38. The van der Waals surface area contributed by atoms with Crippen LogP contribution in [-0.4, -0.2) is 72.2 Å². The molecule has 9 heteroatoms. The van der Waals surface area contributed by atoms with Crippen LogP contribution in [0.1, 0.15) is 23.6 Å². The van der Waals surface area contributed by atoms with Crippen LogP contribution in [0.3, 0.4) is 0 Å². The molecule has 3 heterocycles. The molecule has 1 aliphatic rings. The number of aryl methyl sites for hydroxylation is 1. The first-order chi connectivity index (χ1) is 17.2. The largest absolute Gasteiger partial charge is 0.465 e. The van der Waals surface area contributed by atoms with E-state index in [0.29, 0.717) is 5.65 Å². The van der Waals surface area contributed by atoms with Gasteiger partial charge in [-0.2, -0.15) is 0 Å². The lowest BCUT2D eigenvalue weighted by atomic mass is 9.97. The molecule has 36 heavy (non-hydrogen) atoms. The van der Waals surface area contributed by atoms with E-state index in [-0.39, 0.29) is 12.4 Å². The highest BCUT2D eigenvalue weighted by Crippen LogP contribution is 2.41. The number of allylic oxidation sites excluding steroid dienone is 1. The average Bonchev–Trinajstić information content (AvgIpc) is 3.35. The van der Waals surface area contributed by atoms with Crippen LogP contribution in [0.25, 0.3) is 17.1 Å². The van der Waals surface area contributed by atoms with E-state index in [1.807, 2.05) is 45.3 Å². The van der Waals surface area contributed by atoms with Gasteiger partial charge in [-0.1, -0.05) is 12.1 Å². The molecule has 2 atom stereocenters. The third-order valence-electron chi connectivity index (χ3n) is 6.22. The van der Waals surface area contributed by atoms with Gasteiger partial charge in [-0.25, -0.2) is 4.98 Å². The number of fused-ring (bicyclic) bond motifs is 1. The third-order valence-corrected chi connectivity index (χ3v) is 6.22. The number of nitrogens with one attached hydrogen (secondary N) is 2. The number of nitrogens with zero attached hydrogens (tertiary/aromatic N) is 3. The highest BCUT2D eigenvalue weighted by molar-refractivity contribution is 6.13. The first kappa shape index (κ1) is 25.4. The van der Waals surface area contributed by atoms with Crippen LogP contribution in [0.15, 0.2) is 48.5 Å². The number of carbonyl (C=O) groups is 2. The first-order valence-corrected chi connectivity index (χ1v) is 11.9. The number of hydrogen-bond donors (Lipinski definition) is 2. The number of H-pyrrole nitrogens is 1. The second-order valence-corrected chi connectivity index (χ2v) is 9.41. The SMILES string of the molecule is CCOC(=O)C1C(=O)C(=Cc2c[nH]c3ncccc23)OC1(Nc1ccc(CN(C)C)cc1C)N(C)C. The monoisotopic (exact) mass is 491 g/mol. The van der Waals surface area contributed by atoms with E-state index < -0.39 is 23.5 Å². The van der Waals surface area contributed by atoms with Gasteiger partial charge in [0.1, 0.15) is 5.65 Å². The van der Waals surface area contributed by atoms with Crippen LogP contribution in [0.5, 0.6) is 0 Å². The topological polar surface area (TPSA) is 99.8 Å². The molecule has 9 nitrogen and oxygen atoms in total. The molecule has 1 fully saturated rings. The second kappa shape index (κ2) is 10.1. The zero-order chi connectivity index (χ0) is 26.0. The lowest BCUT2D eigenvalue weighted by molar-refractivity contribution is -0.163. The van der Waals surface area contributed by atoms with Crippen molar-refractivity contribution in [2.45, 2.75) is 26.2 Å². The van der Waals surface area contributed by atoms with Crippen molar-refractivity contribution in [3.8, 4) is 0 Å². The number of benzene rings is 1. The highest BCUT2D eigenvalue weighted by atomic mass is 16.6. The number of rotatable bonds is 8. The number of aromatic nitrogens is 2. The summed E-state index contributed by atoms with van der Waals surface area (Å²) in [6.45, 7) is 4.65. The van der Waals surface area contributed by atoms with Gasteiger partial charge in [-0.3, -0.25) is 14.5 Å². The maximum absolute atomic E-state index is 13.7. The molecule has 0 amide bonds. The Labute approximate surface area is 211 Å². The van der Waals surface area contributed by atoms with Gasteiger partial charge in [0, 0.05) is 35.6 Å². The van der Waals surface area contributed by atoms with Crippen molar-refractivity contribution in [2.75, 3.05) is 40.1 Å². The fourth-order valence-electron chi connectivity index (χ4n) is 4.51. The Morgan fingerprint density at radius 2 is 2.06 bits per heavy atom. The fourth-order valence-corrected chi connectivity index (χ4v) is 4.51. The molecule has 2 N–H and O–H groups in total. The Morgan fingerprint density at radius 1 is 1.28 bits per heavy atom. The van der Waals surface area contributed by atoms with Gasteiger partial charge in [-0.15, -0.1) is 0 Å². The van der Waals surface area contributed by atoms with Gasteiger partial charge in [0.25, 0.3) is 5.85 Å². The normalized spacial score (nSPS) is 20.9. The number of pyridine rings is 1. The van der Waals surface area contributed by atoms with E-state index in [2.05, 4.69) is 26.3 Å². The van der Waals surface area contributed by atoms with Gasteiger partial charge in [-0.05, 0) is 77.4 Å². The van der Waals surface area contributed by atoms with E-state index in [0.717, 1.165) is 34.3 Å². The molecular weight excluding hydrogens is 458 g/mol. The number of Topliss-reactive ketones (excluding diaryl/α,β-unsaturated/α-hetero) is 1. The zero-order valence-electron chi connectivity index (χ0n) is 21.6. The summed E-state index contributed by atoms with van der Waals surface area (Å²) in [5.74, 6) is -3.74. The molecule has 4 rings (SSSR count). The second-order valence-electron chi connectivity index (χ2n) is 9.41. The van der Waals surface area contributed by atoms with Crippen molar-refractivity contribution < 1.29 is 19.1 Å². The van der Waals surface area contributed by atoms with Crippen LogP contribution in [0.2, 0.25) is 0 Å². The molecule has 0 radical (unpaired) electrons. The summed E-state index contributed by atoms with van der Waals surface area (Å²) in [6.07, 6.45) is 5.10. The molecule has 2 unspecified atom stereocenters. The number of ketones is 1. The maximum Gasteiger partial charge on any atom is 0.324 e. The minimum absolute atomic E-state index is 0.0703. The van der Waals surface area contributed by atoms with Crippen molar-refractivity contribution in [1.29, 1.82) is 0 Å². The average molecular weight is 492 g/mol. The molecule has 2 aromatic heterocycles. The van der Waals surface area contributed by atoms with E-state index in [1.165, 1.54) is 0 Å². The number of carbonyl (C=O) groups excluding carboxylic acids is 2. The number of esters is 1. The lowest BCUT2D eigenvalue weighted by Crippen LogP contribution is -2.58. The van der Waals surface area contributed by atoms with Gasteiger partial charge in [0.05, 0.1) is 6.61 Å². The molecule has 0 saturated carbocycles. The van der Waals surface area contributed by atoms with Crippen molar-refractivity contribution >= 4 is 34.5 Å². The molecule has 0 aliphatic carbocycles. The van der Waals surface area contributed by atoms with Crippen LogP contribution in [0.4, 0.5) is 5.69 Å². The summed E-state index contributed by atoms with van der Waals surface area (Å²) in [6, 6.07) is 9.78. The third kappa shape index (κ3) is 4.72. The maximum atomic E-state index is 13.7. The summed E-state index contributed by atoms with van der Waals surface area (Å²) >= 11 is 0.